The zero-order chi connectivity index (χ0) is 18.9. The first kappa shape index (κ1) is 19.8. The molecule has 2 heterocycles. The van der Waals surface area contributed by atoms with Crippen molar-refractivity contribution in [3.05, 3.63) is 59.9 Å². The minimum absolute atomic E-state index is 0.525. The lowest BCUT2D eigenvalue weighted by molar-refractivity contribution is 0.00647. The Morgan fingerprint density at radius 2 is 1.96 bits per heavy atom. The monoisotopic (exact) mass is 369 g/mol. The maximum atomic E-state index is 6.04. The van der Waals surface area contributed by atoms with Crippen LogP contribution in [0, 0.1) is 5.92 Å². The fourth-order valence-electron chi connectivity index (χ4n) is 3.49. The minimum atomic E-state index is 0.525. The van der Waals surface area contributed by atoms with Gasteiger partial charge in [0.15, 0.2) is 0 Å². The highest BCUT2D eigenvalue weighted by atomic mass is 16.5. The molecular formula is C22H31N3O2. The van der Waals surface area contributed by atoms with Gasteiger partial charge in [0.1, 0.15) is 12.4 Å². The SMILES string of the molecule is CC(C)C(CNCc1ccccc1OCc1cccnc1)N1CCOCC1. The molecule has 1 saturated heterocycles. The molecule has 1 aromatic carbocycles. The largest absolute Gasteiger partial charge is 0.489 e. The standard InChI is InChI=1S/C22H31N3O2/c1-18(2)21(25-10-12-26-13-11-25)16-24-15-20-7-3-4-8-22(20)27-17-19-6-5-9-23-14-19/h3-9,14,18,21,24H,10-13,15-17H2,1-2H3. The number of nitrogens with one attached hydrogen (secondary N) is 1. The first-order chi connectivity index (χ1) is 13.2. The van der Waals surface area contributed by atoms with Crippen LogP contribution in [0.15, 0.2) is 48.8 Å². The zero-order valence-corrected chi connectivity index (χ0v) is 16.4. The number of hydrogen-bond donors (Lipinski definition) is 1. The van der Waals surface area contributed by atoms with Crippen LogP contribution in [0.1, 0.15) is 25.0 Å². The lowest BCUT2D eigenvalue weighted by Gasteiger charge is -2.37. The summed E-state index contributed by atoms with van der Waals surface area (Å²) in [6, 6.07) is 12.7. The molecular weight excluding hydrogens is 338 g/mol. The maximum absolute atomic E-state index is 6.04. The van der Waals surface area contributed by atoms with E-state index in [4.69, 9.17) is 9.47 Å². The predicted molar refractivity (Wildman–Crippen MR) is 108 cm³/mol. The number of rotatable bonds is 9. The summed E-state index contributed by atoms with van der Waals surface area (Å²) in [5.74, 6) is 1.54. The maximum Gasteiger partial charge on any atom is 0.124 e. The van der Waals surface area contributed by atoms with Crippen molar-refractivity contribution in [3.8, 4) is 5.75 Å². The van der Waals surface area contributed by atoms with Crippen LogP contribution in [0.3, 0.4) is 0 Å². The summed E-state index contributed by atoms with van der Waals surface area (Å²) in [6.45, 7) is 10.6. The third kappa shape index (κ3) is 6.03. The number of benzene rings is 1. The molecule has 1 atom stereocenters. The van der Waals surface area contributed by atoms with Gasteiger partial charge in [0.2, 0.25) is 0 Å². The smallest absolute Gasteiger partial charge is 0.124 e. The van der Waals surface area contributed by atoms with E-state index in [1.165, 1.54) is 5.56 Å². The van der Waals surface area contributed by atoms with E-state index >= 15 is 0 Å². The van der Waals surface area contributed by atoms with Crippen LogP contribution in [0.4, 0.5) is 0 Å². The van der Waals surface area contributed by atoms with E-state index in [1.54, 1.807) is 6.20 Å². The summed E-state index contributed by atoms with van der Waals surface area (Å²) < 4.78 is 11.5. The van der Waals surface area contributed by atoms with Crippen molar-refractivity contribution in [1.82, 2.24) is 15.2 Å². The summed E-state index contributed by atoms with van der Waals surface area (Å²) in [7, 11) is 0. The molecule has 1 unspecified atom stereocenters. The van der Waals surface area contributed by atoms with Gasteiger partial charge in [-0.2, -0.15) is 0 Å². The molecule has 27 heavy (non-hydrogen) atoms. The summed E-state index contributed by atoms with van der Waals surface area (Å²) >= 11 is 0. The molecule has 1 fully saturated rings. The van der Waals surface area contributed by atoms with Crippen LogP contribution in [0.2, 0.25) is 0 Å². The van der Waals surface area contributed by atoms with Gasteiger partial charge in [0.25, 0.3) is 0 Å². The molecule has 0 spiro atoms. The number of pyridine rings is 1. The molecule has 2 aromatic rings. The number of morpholine rings is 1. The van der Waals surface area contributed by atoms with Crippen LogP contribution >= 0.6 is 0 Å². The Hall–Kier alpha value is -1.95. The van der Waals surface area contributed by atoms with Gasteiger partial charge in [-0.3, -0.25) is 9.88 Å². The topological polar surface area (TPSA) is 46.6 Å². The third-order valence-corrected chi connectivity index (χ3v) is 5.04. The summed E-state index contributed by atoms with van der Waals surface area (Å²) in [5.41, 5.74) is 2.26. The van der Waals surface area contributed by atoms with Crippen molar-refractivity contribution >= 4 is 0 Å². The van der Waals surface area contributed by atoms with E-state index in [-0.39, 0.29) is 0 Å². The Kier molecular flexibility index (Phi) is 7.63. The van der Waals surface area contributed by atoms with Gasteiger partial charge in [-0.15, -0.1) is 0 Å². The Labute approximate surface area is 162 Å². The first-order valence-corrected chi connectivity index (χ1v) is 9.86. The molecule has 1 N–H and O–H groups in total. The lowest BCUT2D eigenvalue weighted by Crippen LogP contribution is -2.50. The second kappa shape index (κ2) is 10.4. The van der Waals surface area contributed by atoms with Crippen molar-refractivity contribution in [1.29, 1.82) is 0 Å². The van der Waals surface area contributed by atoms with Crippen molar-refractivity contribution in [3.63, 3.8) is 0 Å². The van der Waals surface area contributed by atoms with E-state index in [0.717, 1.165) is 50.7 Å². The third-order valence-electron chi connectivity index (χ3n) is 5.04. The summed E-state index contributed by atoms with van der Waals surface area (Å²) in [4.78, 5) is 6.69. The van der Waals surface area contributed by atoms with E-state index in [0.29, 0.717) is 18.6 Å². The molecule has 1 aliphatic rings. The summed E-state index contributed by atoms with van der Waals surface area (Å²) in [5, 5.41) is 3.64. The van der Waals surface area contributed by atoms with Crippen LogP contribution in [-0.2, 0) is 17.9 Å². The average molecular weight is 370 g/mol. The fourth-order valence-corrected chi connectivity index (χ4v) is 3.49. The quantitative estimate of drug-likeness (QED) is 0.736. The van der Waals surface area contributed by atoms with Gasteiger partial charge in [-0.1, -0.05) is 38.1 Å². The van der Waals surface area contributed by atoms with Crippen molar-refractivity contribution in [2.45, 2.75) is 33.0 Å². The highest BCUT2D eigenvalue weighted by molar-refractivity contribution is 5.33. The first-order valence-electron chi connectivity index (χ1n) is 9.86. The molecule has 0 aliphatic carbocycles. The molecule has 0 amide bonds. The van der Waals surface area contributed by atoms with Gasteiger partial charge >= 0.3 is 0 Å². The Bertz CT molecular complexity index is 672. The van der Waals surface area contributed by atoms with Gasteiger partial charge in [0, 0.05) is 55.7 Å². The van der Waals surface area contributed by atoms with Gasteiger partial charge < -0.3 is 14.8 Å². The van der Waals surface area contributed by atoms with E-state index < -0.39 is 0 Å². The zero-order valence-electron chi connectivity index (χ0n) is 16.4. The van der Waals surface area contributed by atoms with E-state index in [9.17, 15) is 0 Å². The lowest BCUT2D eigenvalue weighted by atomic mass is 10.0. The highest BCUT2D eigenvalue weighted by Crippen LogP contribution is 2.19. The Balaban J connectivity index is 1.54. The highest BCUT2D eigenvalue weighted by Gasteiger charge is 2.23. The molecule has 3 rings (SSSR count). The van der Waals surface area contributed by atoms with Crippen molar-refractivity contribution in [2.24, 2.45) is 5.92 Å². The number of aromatic nitrogens is 1. The average Bonchev–Trinajstić information content (AvgIpc) is 2.71. The molecule has 0 saturated carbocycles. The minimum Gasteiger partial charge on any atom is -0.489 e. The molecule has 5 heteroatoms. The normalized spacial score (nSPS) is 16.4. The van der Waals surface area contributed by atoms with Crippen molar-refractivity contribution < 1.29 is 9.47 Å². The predicted octanol–water partition coefficient (Wildman–Crippen LogP) is 3.11. The second-order valence-corrected chi connectivity index (χ2v) is 7.35. The molecule has 1 aliphatic heterocycles. The molecule has 0 bridgehead atoms. The van der Waals surface area contributed by atoms with Crippen LogP contribution < -0.4 is 10.1 Å². The second-order valence-electron chi connectivity index (χ2n) is 7.35. The fraction of sp³-hybridized carbons (Fsp3) is 0.500. The van der Waals surface area contributed by atoms with Gasteiger partial charge in [-0.25, -0.2) is 0 Å². The van der Waals surface area contributed by atoms with Gasteiger partial charge in [-0.05, 0) is 18.1 Å². The summed E-state index contributed by atoms with van der Waals surface area (Å²) in [6.07, 6.45) is 3.62. The Morgan fingerprint density at radius 1 is 1.15 bits per heavy atom. The van der Waals surface area contributed by atoms with Crippen LogP contribution in [0.5, 0.6) is 5.75 Å². The number of hydrogen-bond acceptors (Lipinski definition) is 5. The number of ether oxygens (including phenoxy) is 2. The van der Waals surface area contributed by atoms with Crippen molar-refractivity contribution in [2.75, 3.05) is 32.8 Å². The van der Waals surface area contributed by atoms with Crippen LogP contribution in [0.25, 0.3) is 0 Å². The molecule has 0 radical (unpaired) electrons. The number of para-hydroxylation sites is 1. The molecule has 1 aromatic heterocycles. The van der Waals surface area contributed by atoms with E-state index in [1.807, 2.05) is 30.5 Å². The van der Waals surface area contributed by atoms with E-state index in [2.05, 4.69) is 41.2 Å². The molecule has 5 nitrogen and oxygen atoms in total. The van der Waals surface area contributed by atoms with Gasteiger partial charge in [0.05, 0.1) is 13.2 Å². The number of nitrogens with zero attached hydrogens (tertiary/aromatic N) is 2. The van der Waals surface area contributed by atoms with Crippen LogP contribution in [-0.4, -0.2) is 48.8 Å². The Morgan fingerprint density at radius 3 is 2.70 bits per heavy atom. The molecule has 146 valence electrons.